The van der Waals surface area contributed by atoms with Gasteiger partial charge in [-0.25, -0.2) is 5.43 Å². The Hall–Kier alpha value is -5.06. The Morgan fingerprint density at radius 2 is 1.41 bits per heavy atom. The third-order valence-corrected chi connectivity index (χ3v) is 6.13. The van der Waals surface area contributed by atoms with Crippen LogP contribution in [0.15, 0.2) is 71.8 Å². The Morgan fingerprint density at radius 3 is 2.00 bits per heavy atom. The highest BCUT2D eigenvalue weighted by Gasteiger charge is 2.10. The highest BCUT2D eigenvalue weighted by molar-refractivity contribution is 5.80. The number of aryl methyl sites for hydroxylation is 2. The average Bonchev–Trinajstić information content (AvgIpc) is 2.92. The SMILES string of the molecule is CCN(CC)c1ccc(/C=N/Nc2nc(Nc3ccc([N+](=O)[O-])cc3)nc(Nc3ccc(C)c(C)c3)n2)cc1. The van der Waals surface area contributed by atoms with Crippen molar-refractivity contribution in [3.63, 3.8) is 0 Å². The van der Waals surface area contributed by atoms with Gasteiger partial charge in [0, 0.05) is 42.3 Å². The monoisotopic (exact) mass is 525 g/mol. The Kier molecular flexibility index (Phi) is 8.62. The average molecular weight is 526 g/mol. The molecule has 0 saturated heterocycles. The van der Waals surface area contributed by atoms with E-state index in [2.05, 4.69) is 67.0 Å². The molecule has 0 aliphatic heterocycles. The molecule has 3 aromatic carbocycles. The van der Waals surface area contributed by atoms with Gasteiger partial charge in [0.1, 0.15) is 0 Å². The van der Waals surface area contributed by atoms with Crippen LogP contribution in [0.1, 0.15) is 30.5 Å². The van der Waals surface area contributed by atoms with Crippen LogP contribution in [0.25, 0.3) is 0 Å². The third kappa shape index (κ3) is 7.25. The van der Waals surface area contributed by atoms with Crippen molar-refractivity contribution in [2.24, 2.45) is 5.10 Å². The fraction of sp³-hybridized carbons (Fsp3) is 0.214. The van der Waals surface area contributed by atoms with Gasteiger partial charge >= 0.3 is 0 Å². The largest absolute Gasteiger partial charge is 0.372 e. The van der Waals surface area contributed by atoms with E-state index in [0.717, 1.165) is 35.6 Å². The molecule has 0 saturated carbocycles. The van der Waals surface area contributed by atoms with Gasteiger partial charge in [0.25, 0.3) is 5.69 Å². The predicted octanol–water partition coefficient (Wildman–Crippen LogP) is 6.18. The van der Waals surface area contributed by atoms with Gasteiger partial charge in [-0.1, -0.05) is 18.2 Å². The molecule has 3 N–H and O–H groups in total. The van der Waals surface area contributed by atoms with Crippen LogP contribution in [0, 0.1) is 24.0 Å². The second-order valence-electron chi connectivity index (χ2n) is 8.79. The van der Waals surface area contributed by atoms with E-state index in [1.165, 1.54) is 17.7 Å². The number of aromatic nitrogens is 3. The lowest BCUT2D eigenvalue weighted by Gasteiger charge is -2.20. The summed E-state index contributed by atoms with van der Waals surface area (Å²) >= 11 is 0. The number of nitro groups is 1. The van der Waals surface area contributed by atoms with Crippen molar-refractivity contribution < 1.29 is 4.92 Å². The number of nitro benzene ring substituents is 1. The lowest BCUT2D eigenvalue weighted by atomic mass is 10.1. The van der Waals surface area contributed by atoms with Gasteiger partial charge in [0.05, 0.1) is 11.1 Å². The molecule has 0 spiro atoms. The minimum Gasteiger partial charge on any atom is -0.372 e. The molecule has 0 unspecified atom stereocenters. The second-order valence-corrected chi connectivity index (χ2v) is 8.79. The summed E-state index contributed by atoms with van der Waals surface area (Å²) in [5.41, 5.74) is 8.68. The summed E-state index contributed by atoms with van der Waals surface area (Å²) in [6, 6.07) is 20.1. The molecular weight excluding hydrogens is 494 g/mol. The Labute approximate surface area is 227 Å². The topological polar surface area (TPSA) is 134 Å². The van der Waals surface area contributed by atoms with E-state index in [4.69, 9.17) is 0 Å². The number of hydrogen-bond donors (Lipinski definition) is 3. The highest BCUT2D eigenvalue weighted by Crippen LogP contribution is 2.22. The molecular formula is C28H31N9O2. The maximum absolute atomic E-state index is 11.0. The highest BCUT2D eigenvalue weighted by atomic mass is 16.6. The van der Waals surface area contributed by atoms with E-state index in [9.17, 15) is 10.1 Å². The van der Waals surface area contributed by atoms with Crippen molar-refractivity contribution in [3.05, 3.63) is 93.5 Å². The molecule has 200 valence electrons. The first-order valence-electron chi connectivity index (χ1n) is 12.6. The van der Waals surface area contributed by atoms with Crippen molar-refractivity contribution in [1.29, 1.82) is 0 Å². The first-order chi connectivity index (χ1) is 18.8. The smallest absolute Gasteiger partial charge is 0.269 e. The van der Waals surface area contributed by atoms with Crippen LogP contribution < -0.4 is 21.0 Å². The third-order valence-electron chi connectivity index (χ3n) is 6.13. The quantitative estimate of drug-likeness (QED) is 0.119. The van der Waals surface area contributed by atoms with Crippen molar-refractivity contribution in [2.45, 2.75) is 27.7 Å². The predicted molar refractivity (Wildman–Crippen MR) is 157 cm³/mol. The molecule has 4 rings (SSSR count). The number of rotatable bonds is 11. The number of non-ortho nitro benzene ring substituents is 1. The van der Waals surface area contributed by atoms with E-state index in [-0.39, 0.29) is 17.6 Å². The molecule has 11 heteroatoms. The molecule has 0 aliphatic carbocycles. The summed E-state index contributed by atoms with van der Waals surface area (Å²) in [5, 5.41) is 21.6. The van der Waals surface area contributed by atoms with Crippen LogP contribution in [0.3, 0.4) is 0 Å². The summed E-state index contributed by atoms with van der Waals surface area (Å²) < 4.78 is 0. The van der Waals surface area contributed by atoms with Crippen molar-refractivity contribution in [3.8, 4) is 0 Å². The van der Waals surface area contributed by atoms with Crippen molar-refractivity contribution >= 4 is 46.8 Å². The van der Waals surface area contributed by atoms with Gasteiger partial charge in [-0.15, -0.1) is 0 Å². The van der Waals surface area contributed by atoms with Crippen molar-refractivity contribution in [2.75, 3.05) is 34.0 Å². The van der Waals surface area contributed by atoms with Crippen LogP contribution >= 0.6 is 0 Å². The normalized spacial score (nSPS) is 10.9. The zero-order valence-corrected chi connectivity index (χ0v) is 22.3. The first-order valence-corrected chi connectivity index (χ1v) is 12.6. The second kappa shape index (κ2) is 12.5. The molecule has 0 amide bonds. The summed E-state index contributed by atoms with van der Waals surface area (Å²) in [6.45, 7) is 10.2. The number of nitrogens with zero attached hydrogens (tertiary/aromatic N) is 6. The standard InChI is InChI=1S/C28H31N9O2/c1-5-36(6-2)24-13-8-21(9-14-24)18-29-35-28-33-26(30-22-11-15-25(16-12-22)37(38)39)32-27(34-28)31-23-10-7-19(3)20(4)17-23/h7-18H,5-6H2,1-4H3,(H3,30,31,32,33,34,35)/b29-18+. The maximum Gasteiger partial charge on any atom is 0.269 e. The molecule has 0 fully saturated rings. The first kappa shape index (κ1) is 27.0. The Morgan fingerprint density at radius 1 is 0.821 bits per heavy atom. The Balaban J connectivity index is 1.55. The number of hydrogen-bond acceptors (Lipinski definition) is 10. The summed E-state index contributed by atoms with van der Waals surface area (Å²) in [6.07, 6.45) is 1.69. The lowest BCUT2D eigenvalue weighted by Crippen LogP contribution is -2.21. The molecule has 39 heavy (non-hydrogen) atoms. The molecule has 0 aliphatic rings. The number of anilines is 6. The zero-order valence-electron chi connectivity index (χ0n) is 22.3. The molecule has 1 heterocycles. The van der Waals surface area contributed by atoms with Crippen LogP contribution in [0.4, 0.5) is 40.6 Å². The summed E-state index contributed by atoms with van der Waals surface area (Å²) in [4.78, 5) is 26.1. The minimum absolute atomic E-state index is 0.00452. The zero-order chi connectivity index (χ0) is 27.8. The van der Waals surface area contributed by atoms with Gasteiger partial charge < -0.3 is 15.5 Å². The molecule has 4 aromatic rings. The lowest BCUT2D eigenvalue weighted by molar-refractivity contribution is -0.384. The van der Waals surface area contributed by atoms with Crippen molar-refractivity contribution in [1.82, 2.24) is 15.0 Å². The maximum atomic E-state index is 11.0. The van der Waals surface area contributed by atoms with Crippen LogP contribution in [0.5, 0.6) is 0 Å². The molecule has 1 aromatic heterocycles. The van der Waals surface area contributed by atoms with E-state index < -0.39 is 4.92 Å². The van der Waals surface area contributed by atoms with E-state index in [0.29, 0.717) is 11.6 Å². The van der Waals surface area contributed by atoms with E-state index >= 15 is 0 Å². The summed E-state index contributed by atoms with van der Waals surface area (Å²) in [5.74, 6) is 0.766. The molecule has 0 atom stereocenters. The Bertz CT molecular complexity index is 1450. The number of nitrogens with one attached hydrogen (secondary N) is 3. The summed E-state index contributed by atoms with van der Waals surface area (Å²) in [7, 11) is 0. The molecule has 0 radical (unpaired) electrons. The van der Waals surface area contributed by atoms with Crippen LogP contribution in [-0.4, -0.2) is 39.2 Å². The molecule has 0 bridgehead atoms. The van der Waals surface area contributed by atoms with Gasteiger partial charge in [-0.2, -0.15) is 20.1 Å². The van der Waals surface area contributed by atoms with Crippen LogP contribution in [-0.2, 0) is 0 Å². The fourth-order valence-electron chi connectivity index (χ4n) is 3.81. The van der Waals surface area contributed by atoms with Gasteiger partial charge in [-0.3, -0.25) is 10.1 Å². The number of hydrazone groups is 1. The van der Waals surface area contributed by atoms with E-state index in [1.807, 2.05) is 44.2 Å². The van der Waals surface area contributed by atoms with Gasteiger partial charge in [0.2, 0.25) is 17.8 Å². The number of benzene rings is 3. The van der Waals surface area contributed by atoms with Gasteiger partial charge in [0.15, 0.2) is 0 Å². The minimum atomic E-state index is -0.449. The molecule has 11 nitrogen and oxygen atoms in total. The fourth-order valence-corrected chi connectivity index (χ4v) is 3.81. The van der Waals surface area contributed by atoms with Gasteiger partial charge in [-0.05, 0) is 80.8 Å². The van der Waals surface area contributed by atoms with E-state index in [1.54, 1.807) is 18.3 Å². The van der Waals surface area contributed by atoms with Crippen LogP contribution in [0.2, 0.25) is 0 Å².